The second kappa shape index (κ2) is 6.60. The van der Waals surface area contributed by atoms with Crippen LogP contribution in [0.2, 0.25) is 5.02 Å². The summed E-state index contributed by atoms with van der Waals surface area (Å²) in [5, 5.41) is 0.0563. The summed E-state index contributed by atoms with van der Waals surface area (Å²) >= 11 is 5.95. The van der Waals surface area contributed by atoms with Gasteiger partial charge in [-0.3, -0.25) is 0 Å². The Labute approximate surface area is 130 Å². The average molecular weight is 335 g/mol. The van der Waals surface area contributed by atoms with Crippen LogP contribution in [0.3, 0.4) is 0 Å². The van der Waals surface area contributed by atoms with Crippen molar-refractivity contribution in [1.29, 1.82) is 0 Å². The summed E-state index contributed by atoms with van der Waals surface area (Å²) in [5.74, 6) is -0.311. The molecule has 0 saturated carbocycles. The summed E-state index contributed by atoms with van der Waals surface area (Å²) in [4.78, 5) is 0. The molecular formula is C14H20ClFN2O2S. The van der Waals surface area contributed by atoms with E-state index >= 15 is 0 Å². The van der Waals surface area contributed by atoms with Crippen molar-refractivity contribution in [2.45, 2.75) is 25.3 Å². The number of halogens is 2. The van der Waals surface area contributed by atoms with Crippen molar-refractivity contribution in [1.82, 2.24) is 4.31 Å². The molecule has 118 valence electrons. The molecule has 1 aliphatic rings. The largest absolute Gasteiger partial charge is 0.324 e. The van der Waals surface area contributed by atoms with Gasteiger partial charge >= 0.3 is 0 Å². The van der Waals surface area contributed by atoms with E-state index in [0.717, 1.165) is 12.8 Å². The van der Waals surface area contributed by atoms with Crippen LogP contribution in [0.1, 0.15) is 30.9 Å². The van der Waals surface area contributed by atoms with Crippen LogP contribution in [0, 0.1) is 11.7 Å². The number of piperidine rings is 1. The Bertz CT molecular complexity index is 609. The minimum absolute atomic E-state index is 0.0563. The Morgan fingerprint density at radius 1 is 1.52 bits per heavy atom. The predicted octanol–water partition coefficient (Wildman–Crippen LogP) is 2.54. The third kappa shape index (κ3) is 4.16. The number of rotatable bonds is 4. The van der Waals surface area contributed by atoms with Gasteiger partial charge < -0.3 is 5.73 Å². The Morgan fingerprint density at radius 2 is 2.24 bits per heavy atom. The lowest BCUT2D eigenvalue weighted by molar-refractivity contribution is 0.247. The van der Waals surface area contributed by atoms with Gasteiger partial charge in [0, 0.05) is 19.1 Å². The number of benzene rings is 1. The highest BCUT2D eigenvalue weighted by atomic mass is 35.5. The molecule has 0 aliphatic carbocycles. The molecule has 1 aliphatic heterocycles. The maximum absolute atomic E-state index is 13.5. The lowest BCUT2D eigenvalue weighted by Crippen LogP contribution is -2.40. The summed E-state index contributed by atoms with van der Waals surface area (Å²) in [7, 11) is -3.17. The first kappa shape index (κ1) is 16.7. The van der Waals surface area contributed by atoms with Gasteiger partial charge in [-0.1, -0.05) is 23.7 Å². The van der Waals surface area contributed by atoms with Crippen molar-refractivity contribution < 1.29 is 12.8 Å². The SMILES string of the molecule is CS(=O)(=O)N1CCCC(CC(N)c2cccc(F)c2Cl)C1. The fraction of sp³-hybridized carbons (Fsp3) is 0.571. The van der Waals surface area contributed by atoms with Crippen LogP contribution < -0.4 is 5.73 Å². The first-order chi connectivity index (χ1) is 9.79. The second-order valence-electron chi connectivity index (χ2n) is 5.61. The Balaban J connectivity index is 2.06. The normalized spacial score (nSPS) is 22.2. The van der Waals surface area contributed by atoms with Gasteiger partial charge in [-0.05, 0) is 36.8 Å². The van der Waals surface area contributed by atoms with Gasteiger partial charge in [0.05, 0.1) is 11.3 Å². The monoisotopic (exact) mass is 334 g/mol. The summed E-state index contributed by atoms with van der Waals surface area (Å²) in [6, 6.07) is 4.20. The van der Waals surface area contributed by atoms with E-state index in [1.807, 2.05) is 0 Å². The zero-order chi connectivity index (χ0) is 15.6. The highest BCUT2D eigenvalue weighted by Gasteiger charge is 2.27. The molecule has 1 saturated heterocycles. The summed E-state index contributed by atoms with van der Waals surface area (Å²) in [6.45, 7) is 1.03. The van der Waals surface area contributed by atoms with Crippen molar-refractivity contribution in [2.75, 3.05) is 19.3 Å². The molecule has 2 N–H and O–H groups in total. The molecule has 2 atom stereocenters. The topological polar surface area (TPSA) is 63.4 Å². The van der Waals surface area contributed by atoms with Crippen LogP contribution in [0.4, 0.5) is 4.39 Å². The van der Waals surface area contributed by atoms with E-state index in [1.54, 1.807) is 12.1 Å². The van der Waals surface area contributed by atoms with Crippen molar-refractivity contribution in [2.24, 2.45) is 11.7 Å². The fourth-order valence-electron chi connectivity index (χ4n) is 2.81. The maximum Gasteiger partial charge on any atom is 0.211 e. The van der Waals surface area contributed by atoms with Gasteiger partial charge in [-0.15, -0.1) is 0 Å². The van der Waals surface area contributed by atoms with Crippen LogP contribution in [-0.2, 0) is 10.0 Å². The van der Waals surface area contributed by atoms with Gasteiger partial charge in [-0.2, -0.15) is 0 Å². The molecule has 0 spiro atoms. The standard InChI is InChI=1S/C14H20ClFN2O2S/c1-21(19,20)18-7-3-4-10(9-18)8-13(17)11-5-2-6-12(16)14(11)15/h2,5-6,10,13H,3-4,7-9,17H2,1H3. The first-order valence-electron chi connectivity index (χ1n) is 6.93. The van der Waals surface area contributed by atoms with Crippen molar-refractivity contribution in [3.05, 3.63) is 34.6 Å². The van der Waals surface area contributed by atoms with Crippen molar-refractivity contribution >= 4 is 21.6 Å². The van der Waals surface area contributed by atoms with Gasteiger partial charge in [0.1, 0.15) is 5.82 Å². The lowest BCUT2D eigenvalue weighted by atomic mass is 9.90. The third-order valence-electron chi connectivity index (χ3n) is 3.92. The molecule has 0 bridgehead atoms. The zero-order valence-electron chi connectivity index (χ0n) is 11.9. The van der Waals surface area contributed by atoms with Crippen molar-refractivity contribution in [3.63, 3.8) is 0 Å². The molecule has 2 unspecified atom stereocenters. The Kier molecular flexibility index (Phi) is 5.24. The summed E-state index contributed by atoms with van der Waals surface area (Å²) in [6.07, 6.45) is 3.56. The number of hydrogen-bond acceptors (Lipinski definition) is 3. The van der Waals surface area contributed by atoms with Crippen LogP contribution in [0.15, 0.2) is 18.2 Å². The highest BCUT2D eigenvalue weighted by molar-refractivity contribution is 7.88. The first-order valence-corrected chi connectivity index (χ1v) is 9.16. The minimum atomic E-state index is -3.17. The van der Waals surface area contributed by atoms with Crippen molar-refractivity contribution in [3.8, 4) is 0 Å². The van der Waals surface area contributed by atoms with E-state index in [4.69, 9.17) is 17.3 Å². The molecule has 2 rings (SSSR count). The molecule has 0 amide bonds. The average Bonchev–Trinajstić information content (AvgIpc) is 2.41. The van der Waals surface area contributed by atoms with Crippen LogP contribution in [0.25, 0.3) is 0 Å². The quantitative estimate of drug-likeness (QED) is 0.920. The molecular weight excluding hydrogens is 315 g/mol. The molecule has 1 aromatic carbocycles. The van der Waals surface area contributed by atoms with Crippen LogP contribution >= 0.6 is 11.6 Å². The number of nitrogens with zero attached hydrogens (tertiary/aromatic N) is 1. The van der Waals surface area contributed by atoms with E-state index in [1.165, 1.54) is 16.6 Å². The molecule has 0 radical (unpaired) electrons. The molecule has 21 heavy (non-hydrogen) atoms. The van der Waals surface area contributed by atoms with Gasteiger partial charge in [-0.25, -0.2) is 17.1 Å². The van der Waals surface area contributed by atoms with Crippen LogP contribution in [0.5, 0.6) is 0 Å². The van der Waals surface area contributed by atoms with E-state index in [9.17, 15) is 12.8 Å². The smallest absolute Gasteiger partial charge is 0.211 e. The van der Waals surface area contributed by atoms with Gasteiger partial charge in [0.15, 0.2) is 0 Å². The molecule has 0 aromatic heterocycles. The third-order valence-corrected chi connectivity index (χ3v) is 5.59. The predicted molar refractivity (Wildman–Crippen MR) is 82.1 cm³/mol. The van der Waals surface area contributed by atoms with E-state index < -0.39 is 21.9 Å². The molecule has 1 aromatic rings. The number of sulfonamides is 1. The minimum Gasteiger partial charge on any atom is -0.324 e. The molecule has 4 nitrogen and oxygen atoms in total. The molecule has 1 heterocycles. The number of hydrogen-bond donors (Lipinski definition) is 1. The second-order valence-corrected chi connectivity index (χ2v) is 7.97. The zero-order valence-corrected chi connectivity index (χ0v) is 13.5. The van der Waals surface area contributed by atoms with Gasteiger partial charge in [0.25, 0.3) is 0 Å². The Hall–Kier alpha value is -0.690. The fourth-order valence-corrected chi connectivity index (χ4v) is 4.02. The van der Waals surface area contributed by atoms with Gasteiger partial charge in [0.2, 0.25) is 10.0 Å². The molecule has 7 heteroatoms. The highest BCUT2D eigenvalue weighted by Crippen LogP contribution is 2.31. The van der Waals surface area contributed by atoms with Crippen LogP contribution in [-0.4, -0.2) is 32.1 Å². The molecule has 1 fully saturated rings. The number of nitrogens with two attached hydrogens (primary N) is 1. The Morgan fingerprint density at radius 3 is 2.90 bits per heavy atom. The lowest BCUT2D eigenvalue weighted by Gasteiger charge is -2.32. The van der Waals surface area contributed by atoms with E-state index in [-0.39, 0.29) is 10.9 Å². The summed E-state index contributed by atoms with van der Waals surface area (Å²) < 4.78 is 38.2. The summed E-state index contributed by atoms with van der Waals surface area (Å²) in [5.41, 5.74) is 6.71. The maximum atomic E-state index is 13.5. The van der Waals surface area contributed by atoms with E-state index in [0.29, 0.717) is 25.1 Å². The van der Waals surface area contributed by atoms with E-state index in [2.05, 4.69) is 0 Å².